The number of halogens is 1. The molecule has 26 heavy (non-hydrogen) atoms. The van der Waals surface area contributed by atoms with Gasteiger partial charge in [-0.2, -0.15) is 0 Å². The summed E-state index contributed by atoms with van der Waals surface area (Å²) in [5.74, 6) is 0. The molecule has 0 saturated heterocycles. The lowest BCUT2D eigenvalue weighted by atomic mass is 10.1. The smallest absolute Gasteiger partial charge is 0.0596 e. The Balaban J connectivity index is 0.00000196. The largest absolute Gasteiger partial charge is 0.343 e. The van der Waals surface area contributed by atoms with Crippen molar-refractivity contribution in [1.29, 1.82) is 0 Å². The standard InChI is InChI=1S/C23H20N2.ClH/c1-25-22(16-21-10-4-5-11-23(21)25)17-24-14-6-7-18-12-13-19-8-2-3-9-20(19)15-18;/h2-13,15-17H,14H2,1H3;1H/b7-6+,24-17?;. The number of benzene rings is 3. The number of aryl methyl sites for hydroxylation is 1. The Labute approximate surface area is 159 Å². The Kier molecular flexibility index (Phi) is 5.55. The van der Waals surface area contributed by atoms with Gasteiger partial charge in [0.15, 0.2) is 0 Å². The molecule has 0 bridgehead atoms. The van der Waals surface area contributed by atoms with E-state index in [9.17, 15) is 0 Å². The SMILES string of the molecule is Cl.Cn1c(C=NC/C=C/c2ccc3ccccc3c2)cc2ccccc21. The molecule has 1 heterocycles. The maximum absolute atomic E-state index is 4.54. The molecule has 3 heteroatoms. The fourth-order valence-corrected chi connectivity index (χ4v) is 3.14. The number of hydrogen-bond donors (Lipinski definition) is 0. The van der Waals surface area contributed by atoms with Crippen LogP contribution in [0.3, 0.4) is 0 Å². The lowest BCUT2D eigenvalue weighted by molar-refractivity contribution is 0.957. The van der Waals surface area contributed by atoms with Crippen molar-refractivity contribution in [3.05, 3.63) is 90.1 Å². The van der Waals surface area contributed by atoms with Crippen molar-refractivity contribution < 1.29 is 0 Å². The van der Waals surface area contributed by atoms with Crippen LogP contribution in [0.1, 0.15) is 11.3 Å². The molecule has 0 aliphatic carbocycles. The molecule has 0 aliphatic rings. The summed E-state index contributed by atoms with van der Waals surface area (Å²) in [6.45, 7) is 0.675. The Morgan fingerprint density at radius 2 is 1.58 bits per heavy atom. The molecule has 0 atom stereocenters. The van der Waals surface area contributed by atoms with E-state index in [2.05, 4.69) is 102 Å². The van der Waals surface area contributed by atoms with Crippen LogP contribution in [0.2, 0.25) is 0 Å². The predicted molar refractivity (Wildman–Crippen MR) is 116 cm³/mol. The molecule has 0 fully saturated rings. The summed E-state index contributed by atoms with van der Waals surface area (Å²) >= 11 is 0. The normalized spacial score (nSPS) is 11.6. The highest BCUT2D eigenvalue weighted by molar-refractivity contribution is 5.90. The van der Waals surface area contributed by atoms with Gasteiger partial charge < -0.3 is 4.57 Å². The summed E-state index contributed by atoms with van der Waals surface area (Å²) in [5, 5.41) is 3.79. The number of aromatic nitrogens is 1. The average Bonchev–Trinajstić information content (AvgIpc) is 2.97. The minimum absolute atomic E-state index is 0. The van der Waals surface area contributed by atoms with Crippen molar-refractivity contribution in [1.82, 2.24) is 4.57 Å². The Hall–Kier alpha value is -2.84. The fourth-order valence-electron chi connectivity index (χ4n) is 3.14. The van der Waals surface area contributed by atoms with E-state index in [1.54, 1.807) is 0 Å². The highest BCUT2D eigenvalue weighted by Gasteiger charge is 2.01. The molecule has 0 unspecified atom stereocenters. The van der Waals surface area contributed by atoms with Gasteiger partial charge >= 0.3 is 0 Å². The Bertz CT molecular complexity index is 1090. The zero-order valence-electron chi connectivity index (χ0n) is 14.7. The minimum Gasteiger partial charge on any atom is -0.343 e. The van der Waals surface area contributed by atoms with E-state index >= 15 is 0 Å². The monoisotopic (exact) mass is 360 g/mol. The van der Waals surface area contributed by atoms with E-state index in [0.717, 1.165) is 5.69 Å². The first-order valence-electron chi connectivity index (χ1n) is 8.51. The van der Waals surface area contributed by atoms with Crippen LogP contribution in [-0.4, -0.2) is 17.3 Å². The van der Waals surface area contributed by atoms with Crippen LogP contribution >= 0.6 is 12.4 Å². The van der Waals surface area contributed by atoms with Crippen LogP contribution in [0.4, 0.5) is 0 Å². The van der Waals surface area contributed by atoms with E-state index in [1.807, 2.05) is 6.21 Å². The zero-order valence-corrected chi connectivity index (χ0v) is 15.5. The second-order valence-electron chi connectivity index (χ2n) is 6.19. The van der Waals surface area contributed by atoms with Crippen LogP contribution in [0.25, 0.3) is 27.8 Å². The molecule has 2 nitrogen and oxygen atoms in total. The predicted octanol–water partition coefficient (Wildman–Crippen LogP) is 5.89. The van der Waals surface area contributed by atoms with Gasteiger partial charge in [0, 0.05) is 24.2 Å². The zero-order chi connectivity index (χ0) is 17.1. The van der Waals surface area contributed by atoms with Crippen molar-refractivity contribution in [3.63, 3.8) is 0 Å². The molecular weight excluding hydrogens is 340 g/mol. The van der Waals surface area contributed by atoms with E-state index < -0.39 is 0 Å². The molecular formula is C23H21ClN2. The van der Waals surface area contributed by atoms with Gasteiger partial charge in [-0.05, 0) is 34.5 Å². The van der Waals surface area contributed by atoms with Crippen molar-refractivity contribution >= 4 is 46.4 Å². The first-order valence-corrected chi connectivity index (χ1v) is 8.51. The van der Waals surface area contributed by atoms with Crippen molar-refractivity contribution in [3.8, 4) is 0 Å². The average molecular weight is 361 g/mol. The molecule has 0 radical (unpaired) electrons. The van der Waals surface area contributed by atoms with Crippen LogP contribution in [0, 0.1) is 0 Å². The highest BCUT2D eigenvalue weighted by atomic mass is 35.5. The van der Waals surface area contributed by atoms with Crippen molar-refractivity contribution in [2.24, 2.45) is 12.0 Å². The maximum Gasteiger partial charge on any atom is 0.0596 e. The van der Waals surface area contributed by atoms with Gasteiger partial charge in [0.05, 0.1) is 12.2 Å². The van der Waals surface area contributed by atoms with Crippen LogP contribution in [0.5, 0.6) is 0 Å². The third-order valence-corrected chi connectivity index (χ3v) is 4.51. The molecule has 0 spiro atoms. The summed E-state index contributed by atoms with van der Waals surface area (Å²) in [6.07, 6.45) is 6.18. The molecule has 0 aliphatic heterocycles. The third kappa shape index (κ3) is 3.71. The third-order valence-electron chi connectivity index (χ3n) is 4.51. The molecule has 130 valence electrons. The molecule has 0 N–H and O–H groups in total. The summed E-state index contributed by atoms with van der Waals surface area (Å²) < 4.78 is 2.17. The molecule has 3 aromatic carbocycles. The second kappa shape index (κ2) is 8.03. The van der Waals surface area contributed by atoms with Crippen LogP contribution in [-0.2, 0) is 7.05 Å². The first-order chi connectivity index (χ1) is 12.3. The number of rotatable bonds is 4. The van der Waals surface area contributed by atoms with Gasteiger partial charge in [0.2, 0.25) is 0 Å². The van der Waals surface area contributed by atoms with Crippen molar-refractivity contribution in [2.75, 3.05) is 6.54 Å². The number of aliphatic imine (C=N–C) groups is 1. The van der Waals surface area contributed by atoms with Gasteiger partial charge in [-0.3, -0.25) is 4.99 Å². The number of fused-ring (bicyclic) bond motifs is 2. The van der Waals surface area contributed by atoms with Gasteiger partial charge in [0.25, 0.3) is 0 Å². The molecule has 0 amide bonds. The summed E-state index contributed by atoms with van der Waals surface area (Å²) in [6, 6.07) is 25.5. The van der Waals surface area contributed by atoms with Gasteiger partial charge in [0.1, 0.15) is 0 Å². The topological polar surface area (TPSA) is 17.3 Å². The quantitative estimate of drug-likeness (QED) is 0.404. The minimum atomic E-state index is 0. The molecule has 1 aromatic heterocycles. The van der Waals surface area contributed by atoms with E-state index in [1.165, 1.54) is 27.2 Å². The lowest BCUT2D eigenvalue weighted by Crippen LogP contribution is -1.94. The molecule has 4 aromatic rings. The van der Waals surface area contributed by atoms with Crippen LogP contribution < -0.4 is 0 Å². The van der Waals surface area contributed by atoms with Crippen molar-refractivity contribution in [2.45, 2.75) is 0 Å². The fraction of sp³-hybridized carbons (Fsp3) is 0.0870. The number of nitrogens with zero attached hydrogens (tertiary/aromatic N) is 2. The van der Waals surface area contributed by atoms with Gasteiger partial charge in [-0.1, -0.05) is 66.7 Å². The Morgan fingerprint density at radius 3 is 2.38 bits per heavy atom. The lowest BCUT2D eigenvalue weighted by Gasteiger charge is -1.99. The summed E-state index contributed by atoms with van der Waals surface area (Å²) in [4.78, 5) is 4.54. The van der Waals surface area contributed by atoms with E-state index in [-0.39, 0.29) is 12.4 Å². The summed E-state index contributed by atoms with van der Waals surface area (Å²) in [7, 11) is 2.08. The number of para-hydroxylation sites is 1. The molecule has 0 saturated carbocycles. The first kappa shape index (κ1) is 18.0. The van der Waals surface area contributed by atoms with Gasteiger partial charge in [-0.15, -0.1) is 12.4 Å². The highest BCUT2D eigenvalue weighted by Crippen LogP contribution is 2.17. The number of hydrogen-bond acceptors (Lipinski definition) is 1. The second-order valence-corrected chi connectivity index (χ2v) is 6.19. The Morgan fingerprint density at radius 1 is 0.846 bits per heavy atom. The van der Waals surface area contributed by atoms with Gasteiger partial charge in [-0.25, -0.2) is 0 Å². The maximum atomic E-state index is 4.54. The van der Waals surface area contributed by atoms with E-state index in [4.69, 9.17) is 0 Å². The molecule has 4 rings (SSSR count). The summed E-state index contributed by atoms with van der Waals surface area (Å²) in [5.41, 5.74) is 3.56. The van der Waals surface area contributed by atoms with Crippen LogP contribution in [0.15, 0.2) is 83.9 Å². The van der Waals surface area contributed by atoms with E-state index in [0.29, 0.717) is 6.54 Å².